The Labute approximate surface area is 400 Å². The van der Waals surface area contributed by atoms with Gasteiger partial charge in [0.1, 0.15) is 49.3 Å². The third-order valence-electron chi connectivity index (χ3n) is 18.8. The minimum absolute atomic E-state index is 0.0164. The molecule has 0 amide bonds. The van der Waals surface area contributed by atoms with Crippen LogP contribution in [0.3, 0.4) is 0 Å². The topological polar surface area (TPSA) is 346 Å². The first-order valence-corrected chi connectivity index (χ1v) is 24.2. The molecule has 20 atom stereocenters. The molecule has 0 aromatic heterocycles. The van der Waals surface area contributed by atoms with E-state index in [0.29, 0.717) is 44.9 Å². The smallest absolute Gasteiger partial charge is 0.343 e. The lowest BCUT2D eigenvalue weighted by Crippen LogP contribution is -2.67. The minimum Gasteiger partial charge on any atom is -0.480 e. The zero-order chi connectivity index (χ0) is 51.2. The van der Waals surface area contributed by atoms with Crippen molar-refractivity contribution >= 4 is 23.9 Å². The van der Waals surface area contributed by atoms with Crippen molar-refractivity contribution in [1.82, 2.24) is 0 Å². The second-order valence-corrected chi connectivity index (χ2v) is 23.2. The van der Waals surface area contributed by atoms with Gasteiger partial charge in [0.2, 0.25) is 18.2 Å². The molecule has 2 aliphatic heterocycles. The second-order valence-electron chi connectivity index (χ2n) is 23.2. The number of fused-ring (bicyclic) bond motifs is 7. The summed E-state index contributed by atoms with van der Waals surface area (Å²) >= 11 is 0. The normalized spacial score (nSPS) is 46.0. The van der Waals surface area contributed by atoms with Crippen LogP contribution in [-0.2, 0) is 47.6 Å². The van der Waals surface area contributed by atoms with Gasteiger partial charge >= 0.3 is 23.9 Å². The molecule has 5 aliphatic carbocycles. The summed E-state index contributed by atoms with van der Waals surface area (Å²) < 4.78 is 34.3. The van der Waals surface area contributed by atoms with Crippen LogP contribution in [0.15, 0.2) is 11.6 Å². The maximum absolute atomic E-state index is 14.7. The molecule has 0 aromatic carbocycles. The Morgan fingerprint density at radius 1 is 0.783 bits per heavy atom. The number of carboxylic acid groups (broad SMARTS) is 3. The number of carboxylic acids is 3. The molecular formula is C48H74O21. The van der Waals surface area contributed by atoms with E-state index in [1.807, 2.05) is 13.8 Å². The number of hydrogen-bond acceptors (Lipinski definition) is 18. The van der Waals surface area contributed by atoms with Crippen molar-refractivity contribution in [2.75, 3.05) is 19.8 Å². The van der Waals surface area contributed by atoms with Gasteiger partial charge in [0.15, 0.2) is 12.4 Å². The van der Waals surface area contributed by atoms with Crippen molar-refractivity contribution < 1.29 is 104 Å². The number of aliphatic carboxylic acids is 3. The molecule has 2 heterocycles. The summed E-state index contributed by atoms with van der Waals surface area (Å²) in [6, 6.07) is 0. The van der Waals surface area contributed by atoms with Gasteiger partial charge in [-0.25, -0.2) is 14.4 Å². The van der Waals surface area contributed by atoms with Crippen molar-refractivity contribution in [2.45, 2.75) is 192 Å². The molecule has 7 aliphatic rings. The Morgan fingerprint density at radius 3 is 2.06 bits per heavy atom. The largest absolute Gasteiger partial charge is 0.480 e. The van der Waals surface area contributed by atoms with Gasteiger partial charge in [0.25, 0.3) is 0 Å². The maximum atomic E-state index is 14.7. The van der Waals surface area contributed by atoms with Gasteiger partial charge in [0, 0.05) is 0 Å². The first kappa shape index (κ1) is 53.9. The van der Waals surface area contributed by atoms with Crippen LogP contribution in [0.5, 0.6) is 0 Å². The summed E-state index contributed by atoms with van der Waals surface area (Å²) in [5.41, 5.74) is -4.66. The Morgan fingerprint density at radius 2 is 1.45 bits per heavy atom. The quantitative estimate of drug-likeness (QED) is 0.0493. The zero-order valence-electron chi connectivity index (χ0n) is 40.4. The van der Waals surface area contributed by atoms with E-state index in [2.05, 4.69) is 40.7 Å². The summed E-state index contributed by atoms with van der Waals surface area (Å²) in [5.74, 6) is -5.98. The van der Waals surface area contributed by atoms with Crippen LogP contribution in [0.25, 0.3) is 0 Å². The maximum Gasteiger partial charge on any atom is 0.343 e. The first-order valence-electron chi connectivity index (χ1n) is 24.2. The summed E-state index contributed by atoms with van der Waals surface area (Å²) in [6.45, 7) is 12.0. The summed E-state index contributed by atoms with van der Waals surface area (Å²) in [4.78, 5) is 50.5. The fourth-order valence-electron chi connectivity index (χ4n) is 14.5. The van der Waals surface area contributed by atoms with Gasteiger partial charge in [-0.1, -0.05) is 60.1 Å². The third-order valence-corrected chi connectivity index (χ3v) is 18.8. The molecule has 0 unspecified atom stereocenters. The molecule has 6 fully saturated rings. The Balaban J connectivity index is 1.14. The number of allylic oxidation sites excluding steroid dienone is 2. The highest BCUT2D eigenvalue weighted by Gasteiger charge is 2.70. The summed E-state index contributed by atoms with van der Waals surface area (Å²) in [5, 5.41) is 114. The molecule has 4 saturated carbocycles. The Bertz CT molecular complexity index is 1990. The molecule has 69 heavy (non-hydrogen) atoms. The lowest BCUT2D eigenvalue weighted by molar-refractivity contribution is -0.352. The second kappa shape index (κ2) is 18.9. The highest BCUT2D eigenvalue weighted by Crippen LogP contribution is 2.76. The number of hydrogen-bond donors (Lipinski definition) is 11. The Hall–Kier alpha value is -2.90. The predicted molar refractivity (Wildman–Crippen MR) is 234 cm³/mol. The lowest BCUT2D eigenvalue weighted by Gasteiger charge is -2.71. The summed E-state index contributed by atoms with van der Waals surface area (Å²) in [6.07, 6.45) is -12.4. The van der Waals surface area contributed by atoms with E-state index in [0.717, 1.165) is 19.3 Å². The van der Waals surface area contributed by atoms with Crippen molar-refractivity contribution in [3.8, 4) is 0 Å². The highest BCUT2D eigenvalue weighted by atomic mass is 16.7. The Kier molecular flexibility index (Phi) is 14.7. The van der Waals surface area contributed by atoms with E-state index in [1.54, 1.807) is 0 Å². The number of aliphatic hydroxyl groups excluding tert-OH is 7. The number of esters is 1. The standard InChI is InChI=1S/C48H74O21/c1-42(2)14-16-47(40(62)69-37-31(55)30(54)29(53)24(19-49)65-37)17-15-45(6)22(23(47)18-42)8-9-26-44(5)12-11-27(43(3,4)25(44)10-13-46(26,45)7)66-38-33(57)34(32(56)35(67-38)36(58)59)68-41(64-20-28(51)52)48(63,21-50)39(60)61/h8,23-27,29-35,37-38,41,49-50,53-57,63H,9-21H2,1-7H3,(H,51,52)(H,58,59)(H,60,61)/t23-,24+,25-,26+,27-,29+,30-,31+,32-,33+,34-,35-,37-,38+,41-,44-,45+,46+,47-,48+/m0/s1. The molecule has 11 N–H and O–H groups in total. The SMILES string of the molecule is CC1(C)CC[C@]2(C(=O)O[C@@H]3O[C@H](CO)[C@@H](O)[C@H](O)[C@H]3O)CC[C@]3(C)C(=CC[C@@H]4[C@@]5(C)CC[C@H](O[C@@H]6O[C@H](C(=O)O)[C@@H](O)[C@H](O[C@H](OCC(=O)O)[C@@](O)(CO)C(=O)O)[C@H]6O)C(C)(C)[C@@H]5CC[C@]43C)[C@@H]2C1. The number of aliphatic hydroxyl groups is 8. The van der Waals surface area contributed by atoms with Crippen LogP contribution in [0.1, 0.15) is 113 Å². The molecular weight excluding hydrogens is 913 g/mol. The third kappa shape index (κ3) is 8.75. The number of carbonyl (C=O) groups excluding carboxylic acids is 1. The molecule has 7 rings (SSSR count). The van der Waals surface area contributed by atoms with Crippen molar-refractivity contribution in [1.29, 1.82) is 0 Å². The van der Waals surface area contributed by atoms with Crippen LogP contribution >= 0.6 is 0 Å². The lowest BCUT2D eigenvalue weighted by atomic mass is 9.33. The van der Waals surface area contributed by atoms with Gasteiger partial charge in [0.05, 0.1) is 24.7 Å². The molecule has 21 nitrogen and oxygen atoms in total. The highest BCUT2D eigenvalue weighted by molar-refractivity contribution is 5.79. The molecule has 0 bridgehead atoms. The van der Waals surface area contributed by atoms with Crippen LogP contribution in [-0.4, -0.2) is 179 Å². The zero-order valence-corrected chi connectivity index (χ0v) is 40.4. The van der Waals surface area contributed by atoms with E-state index in [1.165, 1.54) is 5.57 Å². The molecule has 2 saturated heterocycles. The average molecular weight is 987 g/mol. The van der Waals surface area contributed by atoms with E-state index >= 15 is 0 Å². The van der Waals surface area contributed by atoms with Crippen LogP contribution in [0, 0.1) is 50.2 Å². The fourth-order valence-corrected chi connectivity index (χ4v) is 14.5. The number of carbonyl (C=O) groups is 4. The molecule has 392 valence electrons. The van der Waals surface area contributed by atoms with Crippen LogP contribution in [0.4, 0.5) is 0 Å². The minimum atomic E-state index is -3.31. The van der Waals surface area contributed by atoms with Gasteiger partial charge in [-0.05, 0) is 109 Å². The fraction of sp³-hybridized carbons (Fsp3) is 0.875. The molecule has 21 heteroatoms. The van der Waals surface area contributed by atoms with Crippen LogP contribution in [0.2, 0.25) is 0 Å². The first-order chi connectivity index (χ1) is 32.0. The molecule has 0 aromatic rings. The van der Waals surface area contributed by atoms with E-state index in [4.69, 9.17) is 28.4 Å². The average Bonchev–Trinajstić information content (AvgIpc) is 3.27. The van der Waals surface area contributed by atoms with E-state index in [9.17, 15) is 75.3 Å². The van der Waals surface area contributed by atoms with E-state index < -0.39 is 134 Å². The predicted octanol–water partition coefficient (Wildman–Crippen LogP) is 0.668. The molecule has 0 radical (unpaired) electrons. The summed E-state index contributed by atoms with van der Waals surface area (Å²) in [7, 11) is 0. The van der Waals surface area contributed by atoms with Gasteiger partial charge in [-0.2, -0.15) is 0 Å². The van der Waals surface area contributed by atoms with Crippen molar-refractivity contribution in [3.63, 3.8) is 0 Å². The molecule has 0 spiro atoms. The van der Waals surface area contributed by atoms with Crippen molar-refractivity contribution in [2.24, 2.45) is 50.2 Å². The number of ether oxygens (including phenoxy) is 6. The van der Waals surface area contributed by atoms with Gasteiger partial charge < -0.3 is 84.6 Å². The number of rotatable bonds is 14. The monoisotopic (exact) mass is 986 g/mol. The van der Waals surface area contributed by atoms with E-state index in [-0.39, 0.29) is 39.4 Å². The van der Waals surface area contributed by atoms with Gasteiger partial charge in [-0.3, -0.25) is 4.79 Å². The van der Waals surface area contributed by atoms with Gasteiger partial charge in [-0.15, -0.1) is 0 Å². The van der Waals surface area contributed by atoms with Crippen molar-refractivity contribution in [3.05, 3.63) is 11.6 Å². The van der Waals surface area contributed by atoms with Crippen LogP contribution < -0.4 is 0 Å².